The van der Waals surface area contributed by atoms with Gasteiger partial charge >= 0.3 is 5.97 Å². The maximum absolute atomic E-state index is 10.9. The third-order valence-electron chi connectivity index (χ3n) is 2.85. The average molecular weight is 184 g/mol. The lowest BCUT2D eigenvalue weighted by atomic mass is 9.81. The Kier molecular flexibility index (Phi) is 3.46. The number of carboxylic acid groups (broad SMARTS) is 1. The van der Waals surface area contributed by atoms with Crippen LogP contribution in [0.25, 0.3) is 0 Å². The smallest absolute Gasteiger partial charge is 0.372 e. The molecule has 0 saturated heterocycles. The van der Waals surface area contributed by atoms with Crippen LogP contribution in [0.15, 0.2) is 0 Å². The van der Waals surface area contributed by atoms with Crippen LogP contribution in [0.4, 0.5) is 0 Å². The summed E-state index contributed by atoms with van der Waals surface area (Å²) in [4.78, 5) is 21.2. The van der Waals surface area contributed by atoms with Gasteiger partial charge in [0.15, 0.2) is 0 Å². The number of aliphatic carboxylic acids is 1. The zero-order valence-electron chi connectivity index (χ0n) is 7.95. The molecule has 1 fully saturated rings. The molecule has 1 N–H and O–H groups in total. The summed E-state index contributed by atoms with van der Waals surface area (Å²) in [5.74, 6) is -0.839. The summed E-state index contributed by atoms with van der Waals surface area (Å²) in [6.07, 6.45) is 4.54. The Morgan fingerprint density at radius 3 is 2.23 bits per heavy atom. The highest BCUT2D eigenvalue weighted by Crippen LogP contribution is 2.30. The van der Waals surface area contributed by atoms with Crippen LogP contribution in [-0.4, -0.2) is 16.9 Å². The highest BCUT2D eigenvalue weighted by atomic mass is 16.4. The fraction of sp³-hybridized carbons (Fsp3) is 0.800. The Morgan fingerprint density at radius 1 is 1.23 bits per heavy atom. The number of carboxylic acids is 1. The number of carbonyl (C=O) groups excluding carboxylic acids is 1. The lowest BCUT2D eigenvalue weighted by Crippen LogP contribution is -2.20. The van der Waals surface area contributed by atoms with Crippen LogP contribution in [-0.2, 0) is 9.59 Å². The SMILES string of the molecule is CC1CCC(CC(=O)C(=O)O)CC1. The molecule has 1 saturated carbocycles. The van der Waals surface area contributed by atoms with Gasteiger partial charge in [-0.3, -0.25) is 4.79 Å². The number of hydrogen-bond donors (Lipinski definition) is 1. The van der Waals surface area contributed by atoms with E-state index in [0.29, 0.717) is 5.92 Å². The van der Waals surface area contributed by atoms with Crippen LogP contribution >= 0.6 is 0 Å². The third kappa shape index (κ3) is 3.17. The van der Waals surface area contributed by atoms with E-state index in [2.05, 4.69) is 6.92 Å². The molecule has 0 bridgehead atoms. The molecule has 0 aromatic heterocycles. The molecule has 0 heterocycles. The van der Waals surface area contributed by atoms with Gasteiger partial charge < -0.3 is 5.11 Å². The minimum atomic E-state index is -1.28. The number of carbonyl (C=O) groups is 2. The van der Waals surface area contributed by atoms with Gasteiger partial charge in [-0.25, -0.2) is 4.79 Å². The summed E-state index contributed by atoms with van der Waals surface area (Å²) >= 11 is 0. The van der Waals surface area contributed by atoms with Crippen LogP contribution in [0.5, 0.6) is 0 Å². The summed E-state index contributed by atoms with van der Waals surface area (Å²) in [6, 6.07) is 0. The van der Waals surface area contributed by atoms with Crippen molar-refractivity contribution in [1.82, 2.24) is 0 Å². The Morgan fingerprint density at radius 2 is 1.77 bits per heavy atom. The average Bonchev–Trinajstić information content (AvgIpc) is 2.08. The summed E-state index contributed by atoms with van der Waals surface area (Å²) in [5.41, 5.74) is 0. The van der Waals surface area contributed by atoms with Gasteiger partial charge in [-0.1, -0.05) is 19.8 Å². The normalized spacial score (nSPS) is 28.4. The van der Waals surface area contributed by atoms with Crippen molar-refractivity contribution in [3.05, 3.63) is 0 Å². The number of Topliss-reactive ketones (excluding diaryl/α,β-unsaturated/α-hetero) is 1. The highest BCUT2D eigenvalue weighted by Gasteiger charge is 2.23. The van der Waals surface area contributed by atoms with Crippen LogP contribution in [0.1, 0.15) is 39.0 Å². The van der Waals surface area contributed by atoms with Gasteiger partial charge in [-0.15, -0.1) is 0 Å². The Hall–Kier alpha value is -0.860. The number of rotatable bonds is 3. The molecular weight excluding hydrogens is 168 g/mol. The maximum atomic E-state index is 10.9. The zero-order chi connectivity index (χ0) is 9.84. The van der Waals surface area contributed by atoms with Crippen molar-refractivity contribution in [1.29, 1.82) is 0 Å². The Balaban J connectivity index is 2.30. The second kappa shape index (κ2) is 4.40. The molecule has 0 amide bonds. The Bertz CT molecular complexity index is 202. The molecule has 0 unspecified atom stereocenters. The molecule has 1 rings (SSSR count). The Labute approximate surface area is 78.1 Å². The summed E-state index contributed by atoms with van der Waals surface area (Å²) < 4.78 is 0. The van der Waals surface area contributed by atoms with Gasteiger partial charge in [0, 0.05) is 6.42 Å². The first kappa shape index (κ1) is 10.2. The summed E-state index contributed by atoms with van der Waals surface area (Å²) in [7, 11) is 0. The quantitative estimate of drug-likeness (QED) is 0.681. The molecule has 0 radical (unpaired) electrons. The molecule has 0 aromatic carbocycles. The summed E-state index contributed by atoms with van der Waals surface area (Å²) in [5, 5.41) is 8.42. The van der Waals surface area contributed by atoms with Crippen molar-refractivity contribution in [2.45, 2.75) is 39.0 Å². The van der Waals surface area contributed by atoms with Gasteiger partial charge in [0.25, 0.3) is 0 Å². The molecule has 0 aromatic rings. The standard InChI is InChI=1S/C10H16O3/c1-7-2-4-8(5-3-7)6-9(11)10(12)13/h7-8H,2-6H2,1H3,(H,12,13). The van der Waals surface area contributed by atoms with Gasteiger partial charge in [-0.2, -0.15) is 0 Å². The molecule has 0 spiro atoms. The van der Waals surface area contributed by atoms with Crippen LogP contribution < -0.4 is 0 Å². The van der Waals surface area contributed by atoms with Gasteiger partial charge in [0.05, 0.1) is 0 Å². The van der Waals surface area contributed by atoms with Crippen molar-refractivity contribution in [3.8, 4) is 0 Å². The molecule has 3 nitrogen and oxygen atoms in total. The predicted octanol–water partition coefficient (Wildman–Crippen LogP) is 1.86. The van der Waals surface area contributed by atoms with Gasteiger partial charge in [0.1, 0.15) is 0 Å². The molecule has 13 heavy (non-hydrogen) atoms. The number of hydrogen-bond acceptors (Lipinski definition) is 2. The predicted molar refractivity (Wildman–Crippen MR) is 48.4 cm³/mol. The van der Waals surface area contributed by atoms with E-state index in [1.165, 1.54) is 0 Å². The van der Waals surface area contributed by atoms with Crippen LogP contribution in [0, 0.1) is 11.8 Å². The third-order valence-corrected chi connectivity index (χ3v) is 2.85. The summed E-state index contributed by atoms with van der Waals surface area (Å²) in [6.45, 7) is 2.20. The van der Waals surface area contributed by atoms with Crippen LogP contribution in [0.3, 0.4) is 0 Å². The topological polar surface area (TPSA) is 54.4 Å². The maximum Gasteiger partial charge on any atom is 0.372 e. The van der Waals surface area contributed by atoms with Gasteiger partial charge in [-0.05, 0) is 24.7 Å². The van der Waals surface area contributed by atoms with Crippen molar-refractivity contribution >= 4 is 11.8 Å². The van der Waals surface area contributed by atoms with E-state index in [4.69, 9.17) is 5.11 Å². The first-order chi connectivity index (χ1) is 6.09. The molecule has 1 aliphatic carbocycles. The lowest BCUT2D eigenvalue weighted by molar-refractivity contribution is -0.149. The minimum Gasteiger partial charge on any atom is -0.476 e. The van der Waals surface area contributed by atoms with Crippen molar-refractivity contribution in [2.24, 2.45) is 11.8 Å². The molecule has 1 aliphatic rings. The van der Waals surface area contributed by atoms with E-state index in [0.717, 1.165) is 31.6 Å². The van der Waals surface area contributed by atoms with Gasteiger partial charge in [0.2, 0.25) is 5.78 Å². The van der Waals surface area contributed by atoms with Crippen molar-refractivity contribution < 1.29 is 14.7 Å². The molecular formula is C10H16O3. The first-order valence-corrected chi connectivity index (χ1v) is 4.85. The van der Waals surface area contributed by atoms with E-state index in [-0.39, 0.29) is 6.42 Å². The second-order valence-electron chi connectivity index (χ2n) is 4.06. The zero-order valence-corrected chi connectivity index (χ0v) is 7.95. The second-order valence-corrected chi connectivity index (χ2v) is 4.06. The number of ketones is 1. The van der Waals surface area contributed by atoms with Crippen LogP contribution in [0.2, 0.25) is 0 Å². The fourth-order valence-electron chi connectivity index (χ4n) is 1.88. The monoisotopic (exact) mass is 184 g/mol. The van der Waals surface area contributed by atoms with E-state index < -0.39 is 11.8 Å². The molecule has 3 heteroatoms. The lowest BCUT2D eigenvalue weighted by Gasteiger charge is -2.24. The van der Waals surface area contributed by atoms with Crippen molar-refractivity contribution in [2.75, 3.05) is 0 Å². The molecule has 0 atom stereocenters. The van der Waals surface area contributed by atoms with E-state index in [9.17, 15) is 9.59 Å². The molecule has 0 aliphatic heterocycles. The fourth-order valence-corrected chi connectivity index (χ4v) is 1.88. The van der Waals surface area contributed by atoms with E-state index in [1.54, 1.807) is 0 Å². The van der Waals surface area contributed by atoms with E-state index in [1.807, 2.05) is 0 Å². The van der Waals surface area contributed by atoms with Crippen molar-refractivity contribution in [3.63, 3.8) is 0 Å². The first-order valence-electron chi connectivity index (χ1n) is 4.85. The minimum absolute atomic E-state index is 0.238. The van der Waals surface area contributed by atoms with E-state index >= 15 is 0 Å². The largest absolute Gasteiger partial charge is 0.476 e. The molecule has 74 valence electrons. The highest BCUT2D eigenvalue weighted by molar-refractivity contribution is 6.32.